The van der Waals surface area contributed by atoms with Crippen LogP contribution in [0.1, 0.15) is 25.3 Å². The van der Waals surface area contributed by atoms with Gasteiger partial charge in [-0.25, -0.2) is 0 Å². The number of amides is 1. The smallest absolute Gasteiger partial charge is 0.309 e. The highest BCUT2D eigenvalue weighted by molar-refractivity contribution is 5.79. The van der Waals surface area contributed by atoms with E-state index in [0.717, 1.165) is 5.56 Å². The van der Waals surface area contributed by atoms with Crippen LogP contribution in [0.2, 0.25) is 0 Å². The lowest BCUT2D eigenvalue weighted by Gasteiger charge is -2.31. The molecule has 1 amide bonds. The van der Waals surface area contributed by atoms with Gasteiger partial charge in [0.2, 0.25) is 5.91 Å². The molecule has 0 aromatic heterocycles. The first-order valence-corrected chi connectivity index (χ1v) is 7.32. The average Bonchev–Trinajstić information content (AvgIpc) is 2.47. The van der Waals surface area contributed by atoms with Crippen LogP contribution in [0.4, 0.5) is 0 Å². The minimum Gasteiger partial charge on any atom is -0.508 e. The molecule has 1 aromatic carbocycles. The second-order valence-corrected chi connectivity index (χ2v) is 5.25. The van der Waals surface area contributed by atoms with Crippen molar-refractivity contribution in [3.63, 3.8) is 0 Å². The van der Waals surface area contributed by atoms with E-state index in [4.69, 9.17) is 4.74 Å². The molecular formula is C16H21NO4. The van der Waals surface area contributed by atoms with E-state index in [1.54, 1.807) is 30.0 Å². The number of carbonyl (C=O) groups excluding carboxylic acids is 2. The highest BCUT2D eigenvalue weighted by Crippen LogP contribution is 2.20. The van der Waals surface area contributed by atoms with E-state index >= 15 is 0 Å². The van der Waals surface area contributed by atoms with E-state index in [9.17, 15) is 14.7 Å². The minimum atomic E-state index is -0.155. The molecule has 0 bridgehead atoms. The lowest BCUT2D eigenvalue weighted by molar-refractivity contribution is -0.151. The molecule has 1 aliphatic heterocycles. The van der Waals surface area contributed by atoms with Crippen molar-refractivity contribution < 1.29 is 19.4 Å². The molecule has 0 aliphatic carbocycles. The maximum atomic E-state index is 12.2. The van der Waals surface area contributed by atoms with E-state index in [2.05, 4.69) is 0 Å². The number of piperidine rings is 1. The number of ether oxygens (including phenoxy) is 1. The third-order valence-corrected chi connectivity index (χ3v) is 3.73. The molecule has 5 heteroatoms. The summed E-state index contributed by atoms with van der Waals surface area (Å²) in [6.45, 7) is 3.36. The Morgan fingerprint density at radius 2 is 2.05 bits per heavy atom. The van der Waals surface area contributed by atoms with Crippen LogP contribution in [0.25, 0.3) is 0 Å². The molecule has 1 N–H and O–H groups in total. The number of nitrogens with zero attached hydrogens (tertiary/aromatic N) is 1. The van der Waals surface area contributed by atoms with Crippen LogP contribution in [0, 0.1) is 5.92 Å². The monoisotopic (exact) mass is 291 g/mol. The summed E-state index contributed by atoms with van der Waals surface area (Å²) in [5, 5.41) is 9.41. The molecule has 0 spiro atoms. The Hall–Kier alpha value is -2.04. The fraction of sp³-hybridized carbons (Fsp3) is 0.500. The van der Waals surface area contributed by atoms with Crippen LogP contribution in [0.5, 0.6) is 5.75 Å². The molecule has 2 rings (SSSR count). The summed E-state index contributed by atoms with van der Waals surface area (Å²) >= 11 is 0. The number of phenolic OH excluding ortho intramolecular Hbond substituents is 1. The molecule has 0 unspecified atom stereocenters. The molecule has 5 nitrogen and oxygen atoms in total. The standard InChI is InChI=1S/C16H21NO4/c1-2-21-16(20)13-6-8-17(9-7-13)15(19)11-12-4-3-5-14(18)10-12/h3-5,10,13,18H,2,6-9,11H2,1H3. The van der Waals surface area contributed by atoms with Gasteiger partial charge in [-0.05, 0) is 37.5 Å². The van der Waals surface area contributed by atoms with E-state index in [0.29, 0.717) is 32.5 Å². The van der Waals surface area contributed by atoms with Gasteiger partial charge in [0, 0.05) is 13.1 Å². The molecule has 0 radical (unpaired) electrons. The number of carbonyl (C=O) groups is 2. The number of likely N-dealkylation sites (tertiary alicyclic amines) is 1. The van der Waals surface area contributed by atoms with Crippen LogP contribution >= 0.6 is 0 Å². The fourth-order valence-electron chi connectivity index (χ4n) is 2.58. The zero-order valence-corrected chi connectivity index (χ0v) is 12.2. The van der Waals surface area contributed by atoms with Gasteiger partial charge in [-0.15, -0.1) is 0 Å². The van der Waals surface area contributed by atoms with Gasteiger partial charge in [-0.3, -0.25) is 9.59 Å². The van der Waals surface area contributed by atoms with Crippen LogP contribution < -0.4 is 0 Å². The van der Waals surface area contributed by atoms with Gasteiger partial charge in [-0.2, -0.15) is 0 Å². The van der Waals surface area contributed by atoms with Gasteiger partial charge in [0.15, 0.2) is 0 Å². The predicted octanol–water partition coefficient (Wildman–Crippen LogP) is 1.74. The second-order valence-electron chi connectivity index (χ2n) is 5.25. The molecule has 0 saturated carbocycles. The van der Waals surface area contributed by atoms with Crippen molar-refractivity contribution in [2.75, 3.05) is 19.7 Å². The number of esters is 1. The van der Waals surface area contributed by atoms with Gasteiger partial charge >= 0.3 is 5.97 Å². The van der Waals surface area contributed by atoms with E-state index in [1.807, 2.05) is 6.07 Å². The molecule has 114 valence electrons. The molecule has 1 aromatic rings. The van der Waals surface area contributed by atoms with Gasteiger partial charge in [0.05, 0.1) is 18.9 Å². The second kappa shape index (κ2) is 7.11. The first kappa shape index (κ1) is 15.4. The normalized spacial score (nSPS) is 15.8. The Labute approximate surface area is 124 Å². The zero-order valence-electron chi connectivity index (χ0n) is 12.2. The Morgan fingerprint density at radius 3 is 2.67 bits per heavy atom. The third kappa shape index (κ3) is 4.21. The van der Waals surface area contributed by atoms with Gasteiger partial charge in [0.25, 0.3) is 0 Å². The molecule has 1 saturated heterocycles. The van der Waals surface area contributed by atoms with Crippen molar-refractivity contribution in [3.05, 3.63) is 29.8 Å². The largest absolute Gasteiger partial charge is 0.508 e. The summed E-state index contributed by atoms with van der Waals surface area (Å²) in [7, 11) is 0. The molecular weight excluding hydrogens is 270 g/mol. The van der Waals surface area contributed by atoms with E-state index in [-0.39, 0.29) is 30.0 Å². The first-order chi connectivity index (χ1) is 10.1. The molecule has 1 aliphatic rings. The van der Waals surface area contributed by atoms with Crippen molar-refractivity contribution >= 4 is 11.9 Å². The maximum absolute atomic E-state index is 12.2. The number of phenols is 1. The Balaban J connectivity index is 1.84. The number of aromatic hydroxyl groups is 1. The molecule has 0 atom stereocenters. The average molecular weight is 291 g/mol. The number of rotatable bonds is 4. The minimum absolute atomic E-state index is 0.0305. The molecule has 1 heterocycles. The third-order valence-electron chi connectivity index (χ3n) is 3.73. The molecule has 21 heavy (non-hydrogen) atoms. The van der Waals surface area contributed by atoms with E-state index < -0.39 is 0 Å². The summed E-state index contributed by atoms with van der Waals surface area (Å²) < 4.78 is 5.02. The highest BCUT2D eigenvalue weighted by atomic mass is 16.5. The first-order valence-electron chi connectivity index (χ1n) is 7.32. The zero-order chi connectivity index (χ0) is 15.2. The summed E-state index contributed by atoms with van der Waals surface area (Å²) in [5.74, 6) is -0.0448. The highest BCUT2D eigenvalue weighted by Gasteiger charge is 2.28. The van der Waals surface area contributed by atoms with Crippen LogP contribution in [-0.4, -0.2) is 41.6 Å². The number of benzene rings is 1. The quantitative estimate of drug-likeness (QED) is 0.858. The summed E-state index contributed by atoms with van der Waals surface area (Å²) in [6, 6.07) is 6.73. The number of hydrogen-bond donors (Lipinski definition) is 1. The van der Waals surface area contributed by atoms with Crippen molar-refractivity contribution in [1.29, 1.82) is 0 Å². The van der Waals surface area contributed by atoms with E-state index in [1.165, 1.54) is 0 Å². The van der Waals surface area contributed by atoms with Gasteiger partial charge in [0.1, 0.15) is 5.75 Å². The number of hydrogen-bond acceptors (Lipinski definition) is 4. The van der Waals surface area contributed by atoms with Crippen molar-refractivity contribution in [2.45, 2.75) is 26.2 Å². The maximum Gasteiger partial charge on any atom is 0.309 e. The van der Waals surface area contributed by atoms with Crippen molar-refractivity contribution in [3.8, 4) is 5.75 Å². The molecule has 1 fully saturated rings. The van der Waals surface area contributed by atoms with Crippen molar-refractivity contribution in [2.24, 2.45) is 5.92 Å². The fourth-order valence-corrected chi connectivity index (χ4v) is 2.58. The summed E-state index contributed by atoms with van der Waals surface area (Å²) in [5.41, 5.74) is 0.799. The summed E-state index contributed by atoms with van der Waals surface area (Å²) in [4.78, 5) is 25.6. The van der Waals surface area contributed by atoms with Crippen LogP contribution in [0.3, 0.4) is 0 Å². The van der Waals surface area contributed by atoms with Gasteiger partial charge < -0.3 is 14.7 Å². The predicted molar refractivity (Wildman–Crippen MR) is 77.7 cm³/mol. The Morgan fingerprint density at radius 1 is 1.33 bits per heavy atom. The lowest BCUT2D eigenvalue weighted by Crippen LogP contribution is -2.41. The topological polar surface area (TPSA) is 66.8 Å². The van der Waals surface area contributed by atoms with Crippen LogP contribution in [-0.2, 0) is 20.7 Å². The SMILES string of the molecule is CCOC(=O)C1CCN(C(=O)Cc2cccc(O)c2)CC1. The summed E-state index contributed by atoms with van der Waals surface area (Å²) in [6.07, 6.45) is 1.59. The Kier molecular flexibility index (Phi) is 5.20. The Bertz CT molecular complexity index is 507. The van der Waals surface area contributed by atoms with Crippen molar-refractivity contribution in [1.82, 2.24) is 4.90 Å². The van der Waals surface area contributed by atoms with Crippen LogP contribution in [0.15, 0.2) is 24.3 Å². The lowest BCUT2D eigenvalue weighted by atomic mass is 9.96. The van der Waals surface area contributed by atoms with Gasteiger partial charge in [-0.1, -0.05) is 12.1 Å².